The zero-order valence-electron chi connectivity index (χ0n) is 8.46. The SMILES string of the molecule is CCCOCCOCCOC1CC1. The Labute approximate surface area is 80.4 Å². The molecule has 0 spiro atoms. The van der Waals surface area contributed by atoms with Crippen molar-refractivity contribution in [3.05, 3.63) is 0 Å². The lowest BCUT2D eigenvalue weighted by Gasteiger charge is -2.05. The van der Waals surface area contributed by atoms with Crippen molar-refractivity contribution in [1.82, 2.24) is 0 Å². The predicted molar refractivity (Wildman–Crippen MR) is 50.9 cm³/mol. The fourth-order valence-corrected chi connectivity index (χ4v) is 0.975. The van der Waals surface area contributed by atoms with Gasteiger partial charge in [0.25, 0.3) is 0 Å². The highest BCUT2D eigenvalue weighted by Crippen LogP contribution is 2.22. The molecule has 1 fully saturated rings. The molecule has 0 aromatic heterocycles. The molecule has 3 heteroatoms. The van der Waals surface area contributed by atoms with Crippen LogP contribution >= 0.6 is 0 Å². The van der Waals surface area contributed by atoms with Crippen molar-refractivity contribution in [3.8, 4) is 0 Å². The van der Waals surface area contributed by atoms with Crippen LogP contribution in [0.1, 0.15) is 26.2 Å². The third kappa shape index (κ3) is 6.99. The van der Waals surface area contributed by atoms with E-state index in [-0.39, 0.29) is 0 Å². The first-order chi connectivity index (χ1) is 6.43. The molecule has 0 unspecified atom stereocenters. The molecule has 0 heterocycles. The Morgan fingerprint density at radius 3 is 2.15 bits per heavy atom. The van der Waals surface area contributed by atoms with E-state index in [0.29, 0.717) is 25.9 Å². The summed E-state index contributed by atoms with van der Waals surface area (Å²) in [6, 6.07) is 0. The van der Waals surface area contributed by atoms with E-state index >= 15 is 0 Å². The lowest BCUT2D eigenvalue weighted by molar-refractivity contribution is 0.0106. The molecule has 1 rings (SSSR count). The van der Waals surface area contributed by atoms with Gasteiger partial charge in [0, 0.05) is 6.61 Å². The van der Waals surface area contributed by atoms with Crippen molar-refractivity contribution in [2.24, 2.45) is 0 Å². The van der Waals surface area contributed by atoms with Crippen LogP contribution in [0, 0.1) is 0 Å². The largest absolute Gasteiger partial charge is 0.379 e. The standard InChI is InChI=1S/C10H20O3/c1-2-5-11-6-7-12-8-9-13-10-3-4-10/h10H,2-9H2,1H3. The third-order valence-electron chi connectivity index (χ3n) is 1.83. The summed E-state index contributed by atoms with van der Waals surface area (Å²) in [7, 11) is 0. The highest BCUT2D eigenvalue weighted by molar-refractivity contribution is 4.72. The van der Waals surface area contributed by atoms with Gasteiger partial charge in [-0.05, 0) is 19.3 Å². The summed E-state index contributed by atoms with van der Waals surface area (Å²) in [5, 5.41) is 0. The first-order valence-corrected chi connectivity index (χ1v) is 5.20. The second-order valence-corrected chi connectivity index (χ2v) is 3.29. The highest BCUT2D eigenvalue weighted by Gasteiger charge is 2.21. The van der Waals surface area contributed by atoms with Crippen molar-refractivity contribution >= 4 is 0 Å². The van der Waals surface area contributed by atoms with Gasteiger partial charge in [0.15, 0.2) is 0 Å². The first kappa shape index (κ1) is 11.0. The average molecular weight is 188 g/mol. The van der Waals surface area contributed by atoms with Crippen LogP contribution in [0.15, 0.2) is 0 Å². The zero-order chi connectivity index (χ0) is 9.36. The molecule has 0 atom stereocenters. The normalized spacial score (nSPS) is 16.4. The van der Waals surface area contributed by atoms with E-state index < -0.39 is 0 Å². The smallest absolute Gasteiger partial charge is 0.0704 e. The molecule has 0 aliphatic heterocycles. The van der Waals surface area contributed by atoms with E-state index in [4.69, 9.17) is 14.2 Å². The molecule has 3 nitrogen and oxygen atoms in total. The molecule has 0 radical (unpaired) electrons. The van der Waals surface area contributed by atoms with Crippen LogP contribution in [-0.4, -0.2) is 39.1 Å². The van der Waals surface area contributed by atoms with Gasteiger partial charge < -0.3 is 14.2 Å². The summed E-state index contributed by atoms with van der Waals surface area (Å²) in [4.78, 5) is 0. The van der Waals surface area contributed by atoms with Crippen molar-refractivity contribution in [2.75, 3.05) is 33.0 Å². The van der Waals surface area contributed by atoms with Crippen LogP contribution in [0.5, 0.6) is 0 Å². The molecule has 78 valence electrons. The second-order valence-electron chi connectivity index (χ2n) is 3.29. The fraction of sp³-hybridized carbons (Fsp3) is 1.00. The minimum Gasteiger partial charge on any atom is -0.379 e. The monoisotopic (exact) mass is 188 g/mol. The summed E-state index contributed by atoms with van der Waals surface area (Å²) >= 11 is 0. The second kappa shape index (κ2) is 7.30. The Morgan fingerprint density at radius 1 is 0.923 bits per heavy atom. The van der Waals surface area contributed by atoms with Crippen LogP contribution in [0.25, 0.3) is 0 Å². The summed E-state index contributed by atoms with van der Waals surface area (Å²) < 4.78 is 16.0. The maximum absolute atomic E-state index is 5.41. The first-order valence-electron chi connectivity index (χ1n) is 5.20. The van der Waals surface area contributed by atoms with Crippen molar-refractivity contribution in [3.63, 3.8) is 0 Å². The van der Waals surface area contributed by atoms with Gasteiger partial charge in [-0.2, -0.15) is 0 Å². The van der Waals surface area contributed by atoms with Crippen molar-refractivity contribution in [1.29, 1.82) is 0 Å². The maximum atomic E-state index is 5.41. The van der Waals surface area contributed by atoms with Gasteiger partial charge in [0.1, 0.15) is 0 Å². The van der Waals surface area contributed by atoms with Gasteiger partial charge in [-0.25, -0.2) is 0 Å². The quantitative estimate of drug-likeness (QED) is 0.514. The van der Waals surface area contributed by atoms with Gasteiger partial charge in [-0.15, -0.1) is 0 Å². The zero-order valence-corrected chi connectivity index (χ0v) is 8.46. The minimum absolute atomic E-state index is 0.542. The topological polar surface area (TPSA) is 27.7 Å². The van der Waals surface area contributed by atoms with Crippen LogP contribution in [-0.2, 0) is 14.2 Å². The molecule has 1 aliphatic rings. The Kier molecular flexibility index (Phi) is 6.15. The van der Waals surface area contributed by atoms with E-state index in [9.17, 15) is 0 Å². The molecule has 1 saturated carbocycles. The predicted octanol–water partition coefficient (Wildman–Crippen LogP) is 1.61. The number of ether oxygens (including phenoxy) is 3. The molecule has 0 aromatic carbocycles. The Balaban J connectivity index is 1.63. The van der Waals surface area contributed by atoms with Gasteiger partial charge in [0.05, 0.1) is 32.5 Å². The minimum atomic E-state index is 0.542. The fourth-order valence-electron chi connectivity index (χ4n) is 0.975. The third-order valence-corrected chi connectivity index (χ3v) is 1.83. The molecule has 0 saturated heterocycles. The van der Waals surface area contributed by atoms with E-state index in [1.807, 2.05) is 0 Å². The highest BCUT2D eigenvalue weighted by atomic mass is 16.5. The number of hydrogen-bond donors (Lipinski definition) is 0. The lowest BCUT2D eigenvalue weighted by atomic mass is 10.5. The van der Waals surface area contributed by atoms with Crippen LogP contribution < -0.4 is 0 Å². The molecular formula is C10H20O3. The van der Waals surface area contributed by atoms with E-state index in [1.54, 1.807) is 0 Å². The molecule has 13 heavy (non-hydrogen) atoms. The van der Waals surface area contributed by atoms with Gasteiger partial charge in [-0.3, -0.25) is 0 Å². The van der Waals surface area contributed by atoms with E-state index in [1.165, 1.54) is 12.8 Å². The molecule has 0 N–H and O–H groups in total. The van der Waals surface area contributed by atoms with Crippen molar-refractivity contribution < 1.29 is 14.2 Å². The Bertz CT molecular complexity index is 113. The summed E-state index contributed by atoms with van der Waals surface area (Å²) in [6.07, 6.45) is 4.09. The van der Waals surface area contributed by atoms with Crippen molar-refractivity contribution in [2.45, 2.75) is 32.3 Å². The molecule has 1 aliphatic carbocycles. The van der Waals surface area contributed by atoms with E-state index in [2.05, 4.69) is 6.92 Å². The average Bonchev–Trinajstić information content (AvgIpc) is 2.93. The lowest BCUT2D eigenvalue weighted by Crippen LogP contribution is -2.10. The Hall–Kier alpha value is -0.120. The maximum Gasteiger partial charge on any atom is 0.0704 e. The Morgan fingerprint density at radius 2 is 1.54 bits per heavy atom. The summed E-state index contributed by atoms with van der Waals surface area (Å²) in [5.74, 6) is 0. The van der Waals surface area contributed by atoms with E-state index in [0.717, 1.165) is 19.6 Å². The summed E-state index contributed by atoms with van der Waals surface area (Å²) in [5.41, 5.74) is 0. The number of rotatable bonds is 9. The van der Waals surface area contributed by atoms with Crippen LogP contribution in [0.4, 0.5) is 0 Å². The summed E-state index contributed by atoms with van der Waals surface area (Å²) in [6.45, 7) is 5.77. The van der Waals surface area contributed by atoms with Gasteiger partial charge >= 0.3 is 0 Å². The van der Waals surface area contributed by atoms with Gasteiger partial charge in [-0.1, -0.05) is 6.92 Å². The molecule has 0 amide bonds. The van der Waals surface area contributed by atoms with Gasteiger partial charge in [0.2, 0.25) is 0 Å². The van der Waals surface area contributed by atoms with Crippen LogP contribution in [0.3, 0.4) is 0 Å². The molecular weight excluding hydrogens is 168 g/mol. The molecule has 0 bridgehead atoms. The number of hydrogen-bond acceptors (Lipinski definition) is 3. The molecule has 0 aromatic rings. The van der Waals surface area contributed by atoms with Crippen LogP contribution in [0.2, 0.25) is 0 Å².